The molecule has 0 fully saturated rings. The topological polar surface area (TPSA) is 74.6 Å². The molecule has 0 bridgehead atoms. The number of ether oxygens (including phenoxy) is 3. The first-order chi connectivity index (χ1) is 17.5. The maximum atomic E-state index is 12.8. The Kier molecular flexibility index (Phi) is 8.10. The third kappa shape index (κ3) is 5.79. The van der Waals surface area contributed by atoms with E-state index in [1.807, 2.05) is 18.2 Å². The Morgan fingerprint density at radius 1 is 0.917 bits per heavy atom. The van der Waals surface area contributed by atoms with Crippen molar-refractivity contribution in [1.29, 1.82) is 0 Å². The first kappa shape index (κ1) is 25.1. The van der Waals surface area contributed by atoms with Crippen LogP contribution in [0.4, 0.5) is 0 Å². The van der Waals surface area contributed by atoms with Gasteiger partial charge in [0.15, 0.2) is 11.5 Å². The highest BCUT2D eigenvalue weighted by atomic mass is 16.5. The lowest BCUT2D eigenvalue weighted by molar-refractivity contribution is 0.0949. The fourth-order valence-corrected chi connectivity index (χ4v) is 4.17. The van der Waals surface area contributed by atoms with Crippen LogP contribution in [-0.2, 0) is 13.1 Å². The second kappa shape index (κ2) is 11.6. The number of nitrogens with zero attached hydrogens (tertiary/aromatic N) is 2. The van der Waals surface area contributed by atoms with Crippen LogP contribution in [-0.4, -0.2) is 36.3 Å². The molecule has 0 unspecified atom stereocenters. The molecule has 0 saturated carbocycles. The predicted octanol–water partition coefficient (Wildman–Crippen LogP) is 5.46. The van der Waals surface area contributed by atoms with Crippen LogP contribution >= 0.6 is 0 Å². The average molecular weight is 488 g/mol. The number of carbonyl (C=O) groups excluding carboxylic acids is 1. The molecule has 1 heterocycles. The Morgan fingerprint density at radius 3 is 2.53 bits per heavy atom. The van der Waals surface area contributed by atoms with Crippen LogP contribution in [0.5, 0.6) is 17.2 Å². The molecular weight excluding hydrogens is 454 g/mol. The number of para-hydroxylation sites is 2. The van der Waals surface area contributed by atoms with Crippen LogP contribution in [0.1, 0.15) is 40.2 Å². The van der Waals surface area contributed by atoms with Gasteiger partial charge in [0.1, 0.15) is 11.6 Å². The van der Waals surface area contributed by atoms with E-state index in [1.54, 1.807) is 32.4 Å². The Labute approximate surface area is 212 Å². The zero-order valence-corrected chi connectivity index (χ0v) is 21.3. The molecule has 3 aromatic carbocycles. The molecule has 0 aliphatic carbocycles. The first-order valence-electron chi connectivity index (χ1n) is 12.1. The molecule has 36 heavy (non-hydrogen) atoms. The van der Waals surface area contributed by atoms with Gasteiger partial charge in [-0.25, -0.2) is 4.98 Å². The maximum absolute atomic E-state index is 12.8. The Morgan fingerprint density at radius 2 is 1.72 bits per heavy atom. The molecule has 1 aromatic heterocycles. The van der Waals surface area contributed by atoms with E-state index in [2.05, 4.69) is 48.0 Å². The Balaban J connectivity index is 1.40. The number of fused-ring (bicyclic) bond motifs is 1. The Bertz CT molecular complexity index is 1350. The fraction of sp³-hybridized carbons (Fsp3) is 0.310. The highest BCUT2D eigenvalue weighted by Crippen LogP contribution is 2.27. The van der Waals surface area contributed by atoms with Crippen molar-refractivity contribution in [3.05, 3.63) is 83.2 Å². The maximum Gasteiger partial charge on any atom is 0.251 e. The zero-order chi connectivity index (χ0) is 25.5. The number of hydrogen-bond acceptors (Lipinski definition) is 5. The van der Waals surface area contributed by atoms with Gasteiger partial charge in [0, 0.05) is 12.1 Å². The van der Waals surface area contributed by atoms with E-state index in [9.17, 15) is 4.79 Å². The predicted molar refractivity (Wildman–Crippen MR) is 141 cm³/mol. The second-order valence-corrected chi connectivity index (χ2v) is 8.75. The van der Waals surface area contributed by atoms with Crippen molar-refractivity contribution in [2.75, 3.05) is 20.8 Å². The van der Waals surface area contributed by atoms with Gasteiger partial charge in [-0.2, -0.15) is 0 Å². The van der Waals surface area contributed by atoms with Crippen LogP contribution in [0.2, 0.25) is 0 Å². The van der Waals surface area contributed by atoms with Crippen molar-refractivity contribution in [1.82, 2.24) is 14.9 Å². The van der Waals surface area contributed by atoms with Crippen molar-refractivity contribution in [2.24, 2.45) is 0 Å². The third-order valence-corrected chi connectivity index (χ3v) is 6.16. The fourth-order valence-electron chi connectivity index (χ4n) is 4.17. The molecule has 0 spiro atoms. The van der Waals surface area contributed by atoms with Gasteiger partial charge in [0.25, 0.3) is 5.91 Å². The van der Waals surface area contributed by atoms with Crippen LogP contribution in [0.15, 0.2) is 60.7 Å². The molecule has 0 atom stereocenters. The molecule has 0 radical (unpaired) electrons. The summed E-state index contributed by atoms with van der Waals surface area (Å²) >= 11 is 0. The van der Waals surface area contributed by atoms with Gasteiger partial charge in [-0.3, -0.25) is 4.79 Å². The van der Waals surface area contributed by atoms with E-state index < -0.39 is 0 Å². The lowest BCUT2D eigenvalue weighted by Gasteiger charge is -2.13. The molecule has 188 valence electrons. The average Bonchev–Trinajstić information content (AvgIpc) is 3.25. The lowest BCUT2D eigenvalue weighted by atomic mass is 10.1. The van der Waals surface area contributed by atoms with Gasteiger partial charge in [0.05, 0.1) is 38.4 Å². The molecule has 4 aromatic rings. The number of rotatable bonds is 11. The minimum absolute atomic E-state index is 0.198. The van der Waals surface area contributed by atoms with Crippen LogP contribution in [0, 0.1) is 13.8 Å². The largest absolute Gasteiger partial charge is 0.493 e. The van der Waals surface area contributed by atoms with Gasteiger partial charge in [-0.1, -0.05) is 24.3 Å². The lowest BCUT2D eigenvalue weighted by Crippen LogP contribution is -2.25. The number of imidazole rings is 1. The highest BCUT2D eigenvalue weighted by molar-refractivity contribution is 5.94. The summed E-state index contributed by atoms with van der Waals surface area (Å²) in [6.45, 7) is 5.90. The van der Waals surface area contributed by atoms with Gasteiger partial charge in [-0.15, -0.1) is 0 Å². The molecule has 1 amide bonds. The van der Waals surface area contributed by atoms with E-state index in [0.717, 1.165) is 47.6 Å². The van der Waals surface area contributed by atoms with E-state index in [0.29, 0.717) is 30.2 Å². The standard InChI is InChI=1S/C29H33N3O4/c1-20-11-12-21(2)26(17-20)36-16-8-7-15-32-24-10-6-5-9-23(24)31-28(32)19-30-29(33)22-13-14-25(34-3)27(18-22)35-4/h5-6,9-14,17-18H,7-8,15-16,19H2,1-4H3,(H,30,33). The molecule has 7 nitrogen and oxygen atoms in total. The monoisotopic (exact) mass is 487 g/mol. The number of aromatic nitrogens is 2. The highest BCUT2D eigenvalue weighted by Gasteiger charge is 2.14. The van der Waals surface area contributed by atoms with Gasteiger partial charge < -0.3 is 24.1 Å². The normalized spacial score (nSPS) is 10.9. The number of amides is 1. The summed E-state index contributed by atoms with van der Waals surface area (Å²) in [6, 6.07) is 19.4. The molecule has 0 aliphatic heterocycles. The van der Waals surface area contributed by atoms with Crippen molar-refractivity contribution < 1.29 is 19.0 Å². The van der Waals surface area contributed by atoms with Crippen LogP contribution in [0.25, 0.3) is 11.0 Å². The summed E-state index contributed by atoms with van der Waals surface area (Å²) in [5.74, 6) is 2.66. The first-order valence-corrected chi connectivity index (χ1v) is 12.1. The SMILES string of the molecule is COc1ccc(C(=O)NCc2nc3ccccc3n2CCCCOc2cc(C)ccc2C)cc1OC. The zero-order valence-electron chi connectivity index (χ0n) is 21.3. The summed E-state index contributed by atoms with van der Waals surface area (Å²) in [5, 5.41) is 3.00. The number of aryl methyl sites for hydroxylation is 3. The third-order valence-electron chi connectivity index (χ3n) is 6.16. The van der Waals surface area contributed by atoms with E-state index in [4.69, 9.17) is 19.2 Å². The molecule has 4 rings (SSSR count). The van der Waals surface area contributed by atoms with Crippen LogP contribution in [0.3, 0.4) is 0 Å². The Hall–Kier alpha value is -4.00. The van der Waals surface area contributed by atoms with Crippen molar-refractivity contribution in [3.8, 4) is 17.2 Å². The van der Waals surface area contributed by atoms with Crippen molar-refractivity contribution >= 4 is 16.9 Å². The van der Waals surface area contributed by atoms with Gasteiger partial charge >= 0.3 is 0 Å². The summed E-state index contributed by atoms with van der Waals surface area (Å²) in [5.41, 5.74) is 4.82. The number of methoxy groups -OCH3 is 2. The molecule has 7 heteroatoms. The van der Waals surface area contributed by atoms with Crippen molar-refractivity contribution in [3.63, 3.8) is 0 Å². The summed E-state index contributed by atoms with van der Waals surface area (Å²) in [7, 11) is 3.12. The van der Waals surface area contributed by atoms with E-state index >= 15 is 0 Å². The number of nitrogens with one attached hydrogen (secondary N) is 1. The number of hydrogen-bond donors (Lipinski definition) is 1. The molecular formula is C29H33N3O4. The smallest absolute Gasteiger partial charge is 0.251 e. The summed E-state index contributed by atoms with van der Waals surface area (Å²) < 4.78 is 18.8. The van der Waals surface area contributed by atoms with E-state index in [1.165, 1.54) is 5.56 Å². The molecule has 1 N–H and O–H groups in total. The van der Waals surface area contributed by atoms with E-state index in [-0.39, 0.29) is 5.91 Å². The quantitative estimate of drug-likeness (QED) is 0.284. The van der Waals surface area contributed by atoms with Gasteiger partial charge in [-0.05, 0) is 74.2 Å². The summed E-state index contributed by atoms with van der Waals surface area (Å²) in [4.78, 5) is 17.6. The minimum Gasteiger partial charge on any atom is -0.493 e. The second-order valence-electron chi connectivity index (χ2n) is 8.75. The van der Waals surface area contributed by atoms with Gasteiger partial charge in [0.2, 0.25) is 0 Å². The minimum atomic E-state index is -0.198. The number of unbranched alkanes of at least 4 members (excludes halogenated alkanes) is 1. The molecule has 0 aliphatic rings. The van der Waals surface area contributed by atoms with Crippen LogP contribution < -0.4 is 19.5 Å². The summed E-state index contributed by atoms with van der Waals surface area (Å²) in [6.07, 6.45) is 1.85. The van der Waals surface area contributed by atoms with Crippen molar-refractivity contribution in [2.45, 2.75) is 39.8 Å². The number of carbonyl (C=O) groups is 1. The molecule has 0 saturated heterocycles. The number of benzene rings is 3.